The maximum absolute atomic E-state index is 4.56. The molecule has 2 fully saturated rings. The highest BCUT2D eigenvalue weighted by Crippen LogP contribution is 2.22. The third kappa shape index (κ3) is 4.43. The van der Waals surface area contributed by atoms with Gasteiger partial charge in [-0.05, 0) is 38.4 Å². The predicted octanol–water partition coefficient (Wildman–Crippen LogP) is 2.63. The summed E-state index contributed by atoms with van der Waals surface area (Å²) in [6, 6.07) is 5.10. The van der Waals surface area contributed by atoms with Gasteiger partial charge in [0, 0.05) is 51.5 Å². The van der Waals surface area contributed by atoms with Crippen molar-refractivity contribution in [1.29, 1.82) is 0 Å². The number of hydrogen-bond donors (Lipinski definition) is 0. The smallest absolute Gasteiger partial charge is 0.128 e. The third-order valence-corrected chi connectivity index (χ3v) is 4.74. The lowest BCUT2D eigenvalue weighted by atomic mass is 10.0. The van der Waals surface area contributed by atoms with Crippen molar-refractivity contribution >= 4 is 5.82 Å². The first-order valence-electron chi connectivity index (χ1n) is 8.82. The highest BCUT2D eigenvalue weighted by molar-refractivity contribution is 5.39. The summed E-state index contributed by atoms with van der Waals surface area (Å²) >= 11 is 0. The summed E-state index contributed by atoms with van der Waals surface area (Å²) in [6.07, 6.45) is 4.53. The molecule has 0 N–H and O–H groups in total. The molecule has 22 heavy (non-hydrogen) atoms. The van der Waals surface area contributed by atoms with Crippen LogP contribution in [-0.2, 0) is 0 Å². The van der Waals surface area contributed by atoms with Gasteiger partial charge in [-0.1, -0.05) is 19.9 Å². The van der Waals surface area contributed by atoms with Crippen molar-refractivity contribution < 1.29 is 0 Å². The van der Waals surface area contributed by atoms with E-state index >= 15 is 0 Å². The lowest BCUT2D eigenvalue weighted by molar-refractivity contribution is 0.0981. The standard InChI is InChI=1S/C16H26N4.C2H6/c1-14-3-4-16(17-13-14)20-7-5-15(6-8-20)19-11-9-18(2)10-12-19;1-2/h3-4,13,15H,5-12H2,1-2H3;1-2H3. The number of rotatable bonds is 2. The molecule has 0 aromatic carbocycles. The second-order valence-electron chi connectivity index (χ2n) is 6.25. The third-order valence-electron chi connectivity index (χ3n) is 4.74. The normalized spacial score (nSPS) is 21.4. The minimum Gasteiger partial charge on any atom is -0.357 e. The van der Waals surface area contributed by atoms with Crippen molar-refractivity contribution in [3.05, 3.63) is 23.9 Å². The Bertz CT molecular complexity index is 415. The molecular weight excluding hydrogens is 272 g/mol. The van der Waals surface area contributed by atoms with Crippen LogP contribution < -0.4 is 4.90 Å². The molecule has 2 aliphatic rings. The van der Waals surface area contributed by atoms with Crippen LogP contribution in [0.25, 0.3) is 0 Å². The average molecular weight is 304 g/mol. The van der Waals surface area contributed by atoms with Crippen LogP contribution in [0.5, 0.6) is 0 Å². The van der Waals surface area contributed by atoms with Crippen molar-refractivity contribution in [2.24, 2.45) is 0 Å². The molecule has 3 heterocycles. The van der Waals surface area contributed by atoms with Gasteiger partial charge in [0.1, 0.15) is 5.82 Å². The molecule has 0 saturated carbocycles. The quantitative estimate of drug-likeness (QED) is 0.838. The van der Waals surface area contributed by atoms with E-state index in [1.165, 1.54) is 44.6 Å². The zero-order chi connectivity index (χ0) is 15.9. The molecule has 4 nitrogen and oxygen atoms in total. The highest BCUT2D eigenvalue weighted by Gasteiger charge is 2.26. The predicted molar refractivity (Wildman–Crippen MR) is 94.6 cm³/mol. The number of nitrogens with zero attached hydrogens (tertiary/aromatic N) is 4. The molecule has 4 heteroatoms. The van der Waals surface area contributed by atoms with Gasteiger partial charge in [0.05, 0.1) is 0 Å². The molecule has 1 aromatic heterocycles. The minimum absolute atomic E-state index is 0.783. The number of aromatic nitrogens is 1. The SMILES string of the molecule is CC.Cc1ccc(N2CCC(N3CCN(C)CC3)CC2)nc1. The summed E-state index contributed by atoms with van der Waals surface area (Å²) in [5.74, 6) is 1.15. The van der Waals surface area contributed by atoms with E-state index in [-0.39, 0.29) is 0 Å². The Kier molecular flexibility index (Phi) is 6.65. The van der Waals surface area contributed by atoms with Crippen LogP contribution in [0.1, 0.15) is 32.3 Å². The van der Waals surface area contributed by atoms with Crippen LogP contribution in [0.4, 0.5) is 5.82 Å². The Morgan fingerprint density at radius 1 is 0.955 bits per heavy atom. The molecule has 0 unspecified atom stereocenters. The molecule has 124 valence electrons. The average Bonchev–Trinajstić information content (AvgIpc) is 2.58. The van der Waals surface area contributed by atoms with E-state index in [9.17, 15) is 0 Å². The minimum atomic E-state index is 0.783. The molecule has 0 radical (unpaired) electrons. The number of anilines is 1. The van der Waals surface area contributed by atoms with E-state index in [4.69, 9.17) is 0 Å². The molecule has 0 aliphatic carbocycles. The van der Waals surface area contributed by atoms with E-state index in [0.717, 1.165) is 24.9 Å². The van der Waals surface area contributed by atoms with E-state index in [0.29, 0.717) is 0 Å². The topological polar surface area (TPSA) is 22.6 Å². The van der Waals surface area contributed by atoms with Gasteiger partial charge in [-0.2, -0.15) is 0 Å². The Balaban J connectivity index is 0.000000847. The zero-order valence-corrected chi connectivity index (χ0v) is 14.8. The summed E-state index contributed by atoms with van der Waals surface area (Å²) < 4.78 is 0. The molecule has 3 rings (SSSR count). The Morgan fingerprint density at radius 2 is 1.59 bits per heavy atom. The van der Waals surface area contributed by atoms with Gasteiger partial charge in [-0.3, -0.25) is 4.90 Å². The Morgan fingerprint density at radius 3 is 2.14 bits per heavy atom. The highest BCUT2D eigenvalue weighted by atomic mass is 15.3. The van der Waals surface area contributed by atoms with E-state index in [1.54, 1.807) is 0 Å². The van der Waals surface area contributed by atoms with Gasteiger partial charge in [0.2, 0.25) is 0 Å². The van der Waals surface area contributed by atoms with Gasteiger partial charge in [-0.25, -0.2) is 4.98 Å². The van der Waals surface area contributed by atoms with Gasteiger partial charge in [0.15, 0.2) is 0 Å². The Hall–Kier alpha value is -1.13. The van der Waals surface area contributed by atoms with E-state index in [1.807, 2.05) is 20.0 Å². The first-order chi connectivity index (χ1) is 10.7. The maximum atomic E-state index is 4.56. The van der Waals surface area contributed by atoms with Crippen LogP contribution in [0.3, 0.4) is 0 Å². The second-order valence-corrected chi connectivity index (χ2v) is 6.25. The molecule has 0 spiro atoms. The van der Waals surface area contributed by atoms with Gasteiger partial charge in [0.25, 0.3) is 0 Å². The molecule has 2 aliphatic heterocycles. The van der Waals surface area contributed by atoms with Crippen molar-refractivity contribution in [3.8, 4) is 0 Å². The first kappa shape index (κ1) is 17.2. The van der Waals surface area contributed by atoms with Gasteiger partial charge >= 0.3 is 0 Å². The van der Waals surface area contributed by atoms with Crippen molar-refractivity contribution in [1.82, 2.24) is 14.8 Å². The summed E-state index contributed by atoms with van der Waals surface area (Å²) in [5, 5.41) is 0. The van der Waals surface area contributed by atoms with Gasteiger partial charge < -0.3 is 9.80 Å². The monoisotopic (exact) mass is 304 g/mol. The van der Waals surface area contributed by atoms with E-state index in [2.05, 4.69) is 45.8 Å². The van der Waals surface area contributed by atoms with E-state index < -0.39 is 0 Å². The van der Waals surface area contributed by atoms with Crippen LogP contribution in [-0.4, -0.2) is 67.1 Å². The molecule has 2 saturated heterocycles. The number of hydrogen-bond acceptors (Lipinski definition) is 4. The number of piperazine rings is 1. The zero-order valence-electron chi connectivity index (χ0n) is 14.8. The first-order valence-corrected chi connectivity index (χ1v) is 8.82. The molecule has 0 atom stereocenters. The number of pyridine rings is 1. The number of aryl methyl sites for hydroxylation is 1. The van der Waals surface area contributed by atoms with Crippen LogP contribution in [0, 0.1) is 6.92 Å². The van der Waals surface area contributed by atoms with Gasteiger partial charge in [-0.15, -0.1) is 0 Å². The summed E-state index contributed by atoms with van der Waals surface area (Å²) in [6.45, 7) is 13.3. The fourth-order valence-corrected chi connectivity index (χ4v) is 3.29. The number of piperidine rings is 1. The summed E-state index contributed by atoms with van der Waals surface area (Å²) in [7, 11) is 2.23. The van der Waals surface area contributed by atoms with Crippen molar-refractivity contribution in [3.63, 3.8) is 0 Å². The fraction of sp³-hybridized carbons (Fsp3) is 0.722. The number of likely N-dealkylation sites (N-methyl/N-ethyl adjacent to an activating group) is 1. The molecule has 0 amide bonds. The molecule has 1 aromatic rings. The lowest BCUT2D eigenvalue weighted by Gasteiger charge is -2.42. The Labute approximate surface area is 136 Å². The summed E-state index contributed by atoms with van der Waals surface area (Å²) in [5.41, 5.74) is 1.24. The molecular formula is C18H32N4. The van der Waals surface area contributed by atoms with Crippen LogP contribution in [0.15, 0.2) is 18.3 Å². The largest absolute Gasteiger partial charge is 0.357 e. The second kappa shape index (κ2) is 8.49. The molecule has 0 bridgehead atoms. The maximum Gasteiger partial charge on any atom is 0.128 e. The fourth-order valence-electron chi connectivity index (χ4n) is 3.29. The van der Waals surface area contributed by atoms with Crippen LogP contribution >= 0.6 is 0 Å². The summed E-state index contributed by atoms with van der Waals surface area (Å²) in [4.78, 5) is 12.1. The lowest BCUT2D eigenvalue weighted by Crippen LogP contribution is -2.52. The van der Waals surface area contributed by atoms with Crippen LogP contribution in [0.2, 0.25) is 0 Å². The van der Waals surface area contributed by atoms with Crippen molar-refractivity contribution in [2.45, 2.75) is 39.7 Å². The van der Waals surface area contributed by atoms with Crippen molar-refractivity contribution in [2.75, 3.05) is 51.2 Å².